The van der Waals surface area contributed by atoms with Crippen LogP contribution in [-0.2, 0) is 0 Å². The topological polar surface area (TPSA) is 74.0 Å². The minimum atomic E-state index is -1.05. The Morgan fingerprint density at radius 1 is 1.22 bits per heavy atom. The molecule has 2 rings (SSSR count). The molecule has 1 N–H and O–H groups in total. The highest BCUT2D eigenvalue weighted by Crippen LogP contribution is 2.21. The van der Waals surface area contributed by atoms with E-state index in [1.165, 1.54) is 6.07 Å². The van der Waals surface area contributed by atoms with Crippen molar-refractivity contribution in [3.05, 3.63) is 53.3 Å². The zero-order valence-electron chi connectivity index (χ0n) is 9.71. The molecular formula is C14H10N2O2. The lowest BCUT2D eigenvalue weighted by Crippen LogP contribution is -2.01. The fraction of sp³-hybridized carbons (Fsp3) is 0.0714. The molecule has 4 nitrogen and oxygen atoms in total. The van der Waals surface area contributed by atoms with Crippen LogP contribution in [0.1, 0.15) is 21.7 Å². The molecule has 0 aliphatic carbocycles. The summed E-state index contributed by atoms with van der Waals surface area (Å²) in [6.07, 6.45) is 0. The number of carboxylic acid groups (broad SMARTS) is 1. The first kappa shape index (κ1) is 11.8. The Morgan fingerprint density at radius 2 is 1.89 bits per heavy atom. The third-order valence-corrected chi connectivity index (χ3v) is 2.52. The SMILES string of the molecule is Cc1cc(-c2ccc(C#N)cc2)cc(C(=O)O)n1. The van der Waals surface area contributed by atoms with Gasteiger partial charge in [-0.25, -0.2) is 9.78 Å². The summed E-state index contributed by atoms with van der Waals surface area (Å²) in [7, 11) is 0. The number of pyridine rings is 1. The molecule has 1 heterocycles. The van der Waals surface area contributed by atoms with Crippen LogP contribution in [0.15, 0.2) is 36.4 Å². The largest absolute Gasteiger partial charge is 0.477 e. The molecule has 88 valence electrons. The van der Waals surface area contributed by atoms with Crippen molar-refractivity contribution in [1.82, 2.24) is 4.98 Å². The van der Waals surface area contributed by atoms with Gasteiger partial charge in [0.05, 0.1) is 11.6 Å². The Bertz CT molecular complexity index is 640. The molecule has 0 aliphatic heterocycles. The number of aromatic carboxylic acids is 1. The Hall–Kier alpha value is -2.67. The number of rotatable bonds is 2. The van der Waals surface area contributed by atoms with Crippen LogP contribution in [0.25, 0.3) is 11.1 Å². The molecule has 0 bridgehead atoms. The van der Waals surface area contributed by atoms with Gasteiger partial charge in [-0.1, -0.05) is 12.1 Å². The minimum absolute atomic E-state index is 0.0226. The van der Waals surface area contributed by atoms with Crippen molar-refractivity contribution >= 4 is 5.97 Å². The first-order valence-electron chi connectivity index (χ1n) is 5.32. The first-order chi connectivity index (χ1) is 8.60. The van der Waals surface area contributed by atoms with Gasteiger partial charge in [0.2, 0.25) is 0 Å². The van der Waals surface area contributed by atoms with Crippen LogP contribution in [0.2, 0.25) is 0 Å². The summed E-state index contributed by atoms with van der Waals surface area (Å²) in [5, 5.41) is 17.7. The summed E-state index contributed by atoms with van der Waals surface area (Å²) in [6.45, 7) is 1.75. The number of nitriles is 1. The van der Waals surface area contributed by atoms with Crippen molar-refractivity contribution in [3.8, 4) is 17.2 Å². The maximum absolute atomic E-state index is 10.9. The predicted octanol–water partition coefficient (Wildman–Crippen LogP) is 2.63. The molecule has 0 atom stereocenters. The van der Waals surface area contributed by atoms with E-state index in [1.54, 1.807) is 31.2 Å². The van der Waals surface area contributed by atoms with Crippen molar-refractivity contribution in [2.45, 2.75) is 6.92 Å². The number of carbonyl (C=O) groups is 1. The molecule has 0 saturated heterocycles. The fourth-order valence-electron chi connectivity index (χ4n) is 1.68. The van der Waals surface area contributed by atoms with E-state index in [0.29, 0.717) is 11.3 Å². The lowest BCUT2D eigenvalue weighted by Gasteiger charge is -2.04. The predicted molar refractivity (Wildman–Crippen MR) is 66.1 cm³/mol. The number of benzene rings is 1. The van der Waals surface area contributed by atoms with Gasteiger partial charge in [0.1, 0.15) is 5.69 Å². The van der Waals surface area contributed by atoms with Crippen LogP contribution in [0.4, 0.5) is 0 Å². The van der Waals surface area contributed by atoms with Gasteiger partial charge in [0.15, 0.2) is 0 Å². The van der Waals surface area contributed by atoms with Crippen LogP contribution in [0, 0.1) is 18.3 Å². The van der Waals surface area contributed by atoms with Crippen LogP contribution in [0.3, 0.4) is 0 Å². The number of aromatic nitrogens is 1. The van der Waals surface area contributed by atoms with Gasteiger partial charge >= 0.3 is 5.97 Å². The molecule has 0 aliphatic rings. The van der Waals surface area contributed by atoms with E-state index < -0.39 is 5.97 Å². The van der Waals surface area contributed by atoms with E-state index in [-0.39, 0.29) is 5.69 Å². The number of carboxylic acids is 1. The summed E-state index contributed by atoms with van der Waals surface area (Å²) < 4.78 is 0. The molecule has 4 heteroatoms. The molecule has 0 fully saturated rings. The van der Waals surface area contributed by atoms with Crippen molar-refractivity contribution in [1.29, 1.82) is 5.26 Å². The summed E-state index contributed by atoms with van der Waals surface area (Å²) in [5.74, 6) is -1.05. The van der Waals surface area contributed by atoms with E-state index in [2.05, 4.69) is 4.98 Å². The molecule has 1 aromatic carbocycles. The number of hydrogen-bond donors (Lipinski definition) is 1. The maximum atomic E-state index is 10.9. The van der Waals surface area contributed by atoms with Gasteiger partial charge in [0, 0.05) is 5.69 Å². The molecule has 1 aromatic heterocycles. The summed E-state index contributed by atoms with van der Waals surface area (Å²) in [4.78, 5) is 14.9. The Balaban J connectivity index is 2.50. The van der Waals surface area contributed by atoms with E-state index in [9.17, 15) is 4.79 Å². The molecule has 0 spiro atoms. The van der Waals surface area contributed by atoms with Crippen molar-refractivity contribution in [3.63, 3.8) is 0 Å². The van der Waals surface area contributed by atoms with E-state index >= 15 is 0 Å². The maximum Gasteiger partial charge on any atom is 0.354 e. The Kier molecular flexibility index (Phi) is 3.07. The third kappa shape index (κ3) is 2.36. The summed E-state index contributed by atoms with van der Waals surface area (Å²) >= 11 is 0. The van der Waals surface area contributed by atoms with Gasteiger partial charge in [-0.2, -0.15) is 5.26 Å². The standard InChI is InChI=1S/C14H10N2O2/c1-9-6-12(7-13(16-9)14(17)18)11-4-2-10(8-15)3-5-11/h2-7H,1H3,(H,17,18). The van der Waals surface area contributed by atoms with E-state index in [0.717, 1.165) is 11.1 Å². The average Bonchev–Trinajstić information content (AvgIpc) is 2.38. The summed E-state index contributed by atoms with van der Waals surface area (Å²) in [5.41, 5.74) is 2.89. The normalized spacial score (nSPS) is 9.78. The van der Waals surface area contributed by atoms with Crippen LogP contribution >= 0.6 is 0 Å². The van der Waals surface area contributed by atoms with Crippen LogP contribution in [-0.4, -0.2) is 16.1 Å². The molecule has 18 heavy (non-hydrogen) atoms. The Morgan fingerprint density at radius 3 is 2.44 bits per heavy atom. The van der Waals surface area contributed by atoms with E-state index in [1.807, 2.05) is 12.1 Å². The number of hydrogen-bond acceptors (Lipinski definition) is 3. The van der Waals surface area contributed by atoms with Crippen molar-refractivity contribution in [2.24, 2.45) is 0 Å². The van der Waals surface area contributed by atoms with Crippen molar-refractivity contribution < 1.29 is 9.90 Å². The lowest BCUT2D eigenvalue weighted by molar-refractivity contribution is 0.0690. The molecule has 0 amide bonds. The van der Waals surface area contributed by atoms with Gasteiger partial charge in [-0.05, 0) is 42.3 Å². The average molecular weight is 238 g/mol. The number of aryl methyl sites for hydroxylation is 1. The third-order valence-electron chi connectivity index (χ3n) is 2.52. The molecule has 0 unspecified atom stereocenters. The highest BCUT2D eigenvalue weighted by Gasteiger charge is 2.08. The minimum Gasteiger partial charge on any atom is -0.477 e. The second-order valence-electron chi connectivity index (χ2n) is 3.88. The van der Waals surface area contributed by atoms with Gasteiger partial charge < -0.3 is 5.11 Å². The van der Waals surface area contributed by atoms with Crippen LogP contribution < -0.4 is 0 Å². The molecule has 0 saturated carbocycles. The fourth-order valence-corrected chi connectivity index (χ4v) is 1.68. The second kappa shape index (κ2) is 4.68. The first-order valence-corrected chi connectivity index (χ1v) is 5.32. The smallest absolute Gasteiger partial charge is 0.354 e. The van der Waals surface area contributed by atoms with Gasteiger partial charge in [-0.3, -0.25) is 0 Å². The van der Waals surface area contributed by atoms with Crippen molar-refractivity contribution in [2.75, 3.05) is 0 Å². The zero-order chi connectivity index (χ0) is 13.1. The molecule has 2 aromatic rings. The lowest BCUT2D eigenvalue weighted by atomic mass is 10.0. The second-order valence-corrected chi connectivity index (χ2v) is 3.88. The van der Waals surface area contributed by atoms with Crippen LogP contribution in [0.5, 0.6) is 0 Å². The Labute approximate surface area is 104 Å². The van der Waals surface area contributed by atoms with E-state index in [4.69, 9.17) is 10.4 Å². The van der Waals surface area contributed by atoms with Gasteiger partial charge in [0.25, 0.3) is 0 Å². The highest BCUT2D eigenvalue weighted by atomic mass is 16.4. The monoisotopic (exact) mass is 238 g/mol. The quantitative estimate of drug-likeness (QED) is 0.872. The van der Waals surface area contributed by atoms with Gasteiger partial charge in [-0.15, -0.1) is 0 Å². The highest BCUT2D eigenvalue weighted by molar-refractivity contribution is 5.87. The summed E-state index contributed by atoms with van der Waals surface area (Å²) in [6, 6.07) is 12.4. The molecule has 0 radical (unpaired) electrons. The molecular weight excluding hydrogens is 228 g/mol. The zero-order valence-corrected chi connectivity index (χ0v) is 9.71. The number of nitrogens with zero attached hydrogens (tertiary/aromatic N) is 2.